The molecule has 1 fully saturated rings. The number of nitrogens with zero attached hydrogens (tertiary/aromatic N) is 4. The summed E-state index contributed by atoms with van der Waals surface area (Å²) in [5.74, 6) is 1.07. The highest BCUT2D eigenvalue weighted by atomic mass is 35.5. The van der Waals surface area contributed by atoms with Gasteiger partial charge in [-0.3, -0.25) is 4.90 Å². The SMILES string of the molecule is Cc1cc(C)cc(NC2N=C(N)N=C(N3CCOCC3)N2c2cccc(C)c2)c1.Cl. The van der Waals surface area contributed by atoms with Crippen molar-refractivity contribution in [3.05, 3.63) is 59.2 Å². The summed E-state index contributed by atoms with van der Waals surface area (Å²) in [4.78, 5) is 13.6. The Morgan fingerprint density at radius 3 is 2.37 bits per heavy atom. The molecule has 0 radical (unpaired) electrons. The van der Waals surface area contributed by atoms with Crippen LogP contribution in [0.4, 0.5) is 11.4 Å². The second kappa shape index (κ2) is 9.36. The van der Waals surface area contributed by atoms with E-state index in [1.165, 1.54) is 16.7 Å². The molecule has 0 bridgehead atoms. The number of benzene rings is 2. The van der Waals surface area contributed by atoms with E-state index in [2.05, 4.69) is 88.3 Å². The van der Waals surface area contributed by atoms with Crippen LogP contribution in [-0.4, -0.2) is 49.4 Å². The van der Waals surface area contributed by atoms with Crippen LogP contribution in [0.3, 0.4) is 0 Å². The first-order chi connectivity index (χ1) is 14.0. The van der Waals surface area contributed by atoms with E-state index in [9.17, 15) is 0 Å². The minimum atomic E-state index is -0.395. The lowest BCUT2D eigenvalue weighted by molar-refractivity contribution is 0.0671. The Labute approximate surface area is 184 Å². The zero-order chi connectivity index (χ0) is 20.4. The van der Waals surface area contributed by atoms with E-state index >= 15 is 0 Å². The maximum atomic E-state index is 6.14. The predicted octanol–water partition coefficient (Wildman–Crippen LogP) is 3.25. The third kappa shape index (κ3) is 4.86. The Kier molecular flexibility index (Phi) is 6.84. The molecule has 3 N–H and O–H groups in total. The van der Waals surface area contributed by atoms with E-state index in [0.29, 0.717) is 13.2 Å². The molecule has 7 nitrogen and oxygen atoms in total. The molecule has 0 amide bonds. The lowest BCUT2D eigenvalue weighted by Gasteiger charge is -2.41. The average Bonchev–Trinajstić information content (AvgIpc) is 2.67. The van der Waals surface area contributed by atoms with Crippen LogP contribution in [-0.2, 0) is 4.74 Å². The van der Waals surface area contributed by atoms with E-state index in [4.69, 9.17) is 10.5 Å². The Bertz CT molecular complexity index is 934. The Balaban J connectivity index is 0.00000256. The van der Waals surface area contributed by atoms with Crippen molar-refractivity contribution in [3.8, 4) is 0 Å². The van der Waals surface area contributed by atoms with Crippen LogP contribution < -0.4 is 16.0 Å². The molecule has 8 heteroatoms. The molecule has 1 atom stereocenters. The first-order valence-corrected chi connectivity index (χ1v) is 9.95. The zero-order valence-corrected chi connectivity index (χ0v) is 18.4. The molecule has 2 aliphatic rings. The summed E-state index contributed by atoms with van der Waals surface area (Å²) in [5.41, 5.74) is 11.7. The van der Waals surface area contributed by atoms with E-state index in [-0.39, 0.29) is 18.4 Å². The lowest BCUT2D eigenvalue weighted by Crippen LogP contribution is -2.57. The van der Waals surface area contributed by atoms with Gasteiger partial charge in [0.1, 0.15) is 0 Å². The highest BCUT2D eigenvalue weighted by Gasteiger charge is 2.32. The number of guanidine groups is 2. The fourth-order valence-electron chi connectivity index (χ4n) is 3.80. The van der Waals surface area contributed by atoms with Gasteiger partial charge in [-0.25, -0.2) is 4.99 Å². The van der Waals surface area contributed by atoms with Crippen LogP contribution in [0, 0.1) is 20.8 Å². The number of hydrogen-bond donors (Lipinski definition) is 2. The van der Waals surface area contributed by atoms with Crippen LogP contribution in [0.2, 0.25) is 0 Å². The van der Waals surface area contributed by atoms with Crippen molar-refractivity contribution in [3.63, 3.8) is 0 Å². The number of ether oxygens (including phenoxy) is 1. The van der Waals surface area contributed by atoms with Crippen molar-refractivity contribution < 1.29 is 4.74 Å². The maximum Gasteiger partial charge on any atom is 0.222 e. The molecule has 1 saturated heterocycles. The molecule has 2 aromatic carbocycles. The second-order valence-electron chi connectivity index (χ2n) is 7.60. The van der Waals surface area contributed by atoms with Crippen LogP contribution in [0.5, 0.6) is 0 Å². The van der Waals surface area contributed by atoms with E-state index in [1.54, 1.807) is 0 Å². The normalized spacial score (nSPS) is 19.0. The molecular formula is C22H29ClN6O. The summed E-state index contributed by atoms with van der Waals surface area (Å²) >= 11 is 0. The molecule has 4 rings (SSSR count). The number of aliphatic imine (C=N–C) groups is 2. The number of halogens is 1. The van der Waals surface area contributed by atoms with E-state index in [1.807, 2.05) is 0 Å². The fourth-order valence-corrected chi connectivity index (χ4v) is 3.80. The molecule has 30 heavy (non-hydrogen) atoms. The van der Waals surface area contributed by atoms with Crippen LogP contribution >= 0.6 is 12.4 Å². The minimum Gasteiger partial charge on any atom is -0.378 e. The third-order valence-corrected chi connectivity index (χ3v) is 5.02. The molecule has 0 aliphatic carbocycles. The first kappa shape index (κ1) is 21.9. The molecule has 2 aliphatic heterocycles. The van der Waals surface area contributed by atoms with Gasteiger partial charge in [-0.15, -0.1) is 12.4 Å². The smallest absolute Gasteiger partial charge is 0.222 e. The molecule has 1 unspecified atom stereocenters. The summed E-state index contributed by atoms with van der Waals surface area (Å²) < 4.78 is 5.53. The van der Waals surface area contributed by atoms with Gasteiger partial charge >= 0.3 is 0 Å². The van der Waals surface area contributed by atoms with Crippen molar-refractivity contribution in [2.75, 3.05) is 36.5 Å². The quantitative estimate of drug-likeness (QED) is 0.784. The lowest BCUT2D eigenvalue weighted by atomic mass is 10.1. The molecular weight excluding hydrogens is 400 g/mol. The van der Waals surface area contributed by atoms with Gasteiger partial charge in [-0.2, -0.15) is 4.99 Å². The molecule has 160 valence electrons. The summed E-state index contributed by atoms with van der Waals surface area (Å²) in [6, 6.07) is 14.8. The summed E-state index contributed by atoms with van der Waals surface area (Å²) in [7, 11) is 0. The van der Waals surface area contributed by atoms with Gasteiger partial charge in [0.15, 0.2) is 0 Å². The number of anilines is 2. The van der Waals surface area contributed by atoms with Gasteiger partial charge in [0.2, 0.25) is 18.2 Å². The largest absolute Gasteiger partial charge is 0.378 e. The number of nitrogens with one attached hydrogen (secondary N) is 1. The van der Waals surface area contributed by atoms with Crippen LogP contribution in [0.15, 0.2) is 52.4 Å². The third-order valence-electron chi connectivity index (χ3n) is 5.02. The number of nitrogens with two attached hydrogens (primary N) is 1. The number of rotatable bonds is 3. The van der Waals surface area contributed by atoms with Gasteiger partial charge in [-0.05, 0) is 61.7 Å². The van der Waals surface area contributed by atoms with Gasteiger partial charge in [-0.1, -0.05) is 18.2 Å². The van der Waals surface area contributed by atoms with Crippen LogP contribution in [0.1, 0.15) is 16.7 Å². The second-order valence-corrected chi connectivity index (χ2v) is 7.60. The van der Waals surface area contributed by atoms with Crippen molar-refractivity contribution in [2.24, 2.45) is 15.7 Å². The summed E-state index contributed by atoms with van der Waals surface area (Å²) in [5, 5.41) is 3.55. The molecule has 0 spiro atoms. The van der Waals surface area contributed by atoms with Gasteiger partial charge in [0, 0.05) is 24.5 Å². The number of morpholine rings is 1. The van der Waals surface area contributed by atoms with Crippen molar-refractivity contribution in [1.29, 1.82) is 0 Å². The number of hydrogen-bond acceptors (Lipinski definition) is 7. The standard InChI is InChI=1S/C22H28N6O.ClH/c1-15-5-4-6-19(14-15)28-21(24-18-12-16(2)11-17(3)13-18)25-20(23)26-22(28)27-7-9-29-10-8-27;/h4-6,11-14,21,24H,7-10H2,1-3H3,(H2,23,25);1H. The zero-order valence-electron chi connectivity index (χ0n) is 17.6. The fraction of sp³-hybridized carbons (Fsp3) is 0.364. The first-order valence-electron chi connectivity index (χ1n) is 9.95. The van der Waals surface area contributed by atoms with Crippen LogP contribution in [0.25, 0.3) is 0 Å². The van der Waals surface area contributed by atoms with E-state index in [0.717, 1.165) is 30.4 Å². The molecule has 2 aromatic rings. The van der Waals surface area contributed by atoms with Gasteiger partial charge < -0.3 is 20.7 Å². The van der Waals surface area contributed by atoms with E-state index < -0.39 is 6.29 Å². The number of aryl methyl sites for hydroxylation is 3. The van der Waals surface area contributed by atoms with Gasteiger partial charge in [0.25, 0.3) is 0 Å². The summed E-state index contributed by atoms with van der Waals surface area (Å²) in [6.07, 6.45) is -0.395. The van der Waals surface area contributed by atoms with Crippen molar-refractivity contribution in [1.82, 2.24) is 4.90 Å². The van der Waals surface area contributed by atoms with Gasteiger partial charge in [0.05, 0.1) is 13.2 Å². The Hall–Kier alpha value is -2.77. The topological polar surface area (TPSA) is 78.5 Å². The maximum absolute atomic E-state index is 6.14. The monoisotopic (exact) mass is 428 g/mol. The molecule has 0 aromatic heterocycles. The average molecular weight is 429 g/mol. The summed E-state index contributed by atoms with van der Waals surface area (Å²) in [6.45, 7) is 9.16. The highest BCUT2D eigenvalue weighted by molar-refractivity contribution is 6.06. The minimum absolute atomic E-state index is 0. The molecule has 2 heterocycles. The highest BCUT2D eigenvalue weighted by Crippen LogP contribution is 2.26. The Morgan fingerprint density at radius 2 is 1.70 bits per heavy atom. The van der Waals surface area contributed by atoms with Crippen molar-refractivity contribution >= 4 is 35.7 Å². The Morgan fingerprint density at radius 1 is 1.00 bits per heavy atom. The van der Waals surface area contributed by atoms with Crippen molar-refractivity contribution in [2.45, 2.75) is 27.1 Å². The predicted molar refractivity (Wildman–Crippen MR) is 126 cm³/mol. The molecule has 0 saturated carbocycles.